The van der Waals surface area contributed by atoms with Crippen molar-refractivity contribution in [1.29, 1.82) is 0 Å². The van der Waals surface area contributed by atoms with Crippen molar-refractivity contribution in [3.8, 4) is 0 Å². The van der Waals surface area contributed by atoms with Crippen molar-refractivity contribution >= 4 is 13.7 Å². The highest BCUT2D eigenvalue weighted by molar-refractivity contribution is 7.47. The van der Waals surface area contributed by atoms with Gasteiger partial charge in [0.15, 0.2) is 0 Å². The van der Waals surface area contributed by atoms with Crippen molar-refractivity contribution in [2.24, 2.45) is 0 Å². The Morgan fingerprint density at radius 2 is 0.983 bits per heavy atom. The molecule has 1 rings (SSSR count). The van der Waals surface area contributed by atoms with E-state index in [2.05, 4.69) is 43.5 Å². The molecule has 9 N–H and O–H groups in total. The topological polar surface area (TPSA) is 226 Å². The number of amides is 1. The van der Waals surface area contributed by atoms with E-state index in [9.17, 15) is 50.0 Å². The second-order valence-electron chi connectivity index (χ2n) is 16.8. The zero-order chi connectivity index (χ0) is 44.4. The van der Waals surface area contributed by atoms with Crippen LogP contribution in [0.15, 0.2) is 36.5 Å². The van der Waals surface area contributed by atoms with Gasteiger partial charge in [0.05, 0.1) is 31.3 Å². The van der Waals surface area contributed by atoms with Crippen molar-refractivity contribution in [1.82, 2.24) is 5.32 Å². The van der Waals surface area contributed by atoms with Crippen LogP contribution in [-0.4, -0.2) is 108 Å². The summed E-state index contributed by atoms with van der Waals surface area (Å²) >= 11 is 0. The van der Waals surface area contributed by atoms with E-state index in [4.69, 9.17) is 9.05 Å². The Kier molecular flexibility index (Phi) is 33.8. The van der Waals surface area contributed by atoms with Crippen molar-refractivity contribution in [2.45, 2.75) is 242 Å². The van der Waals surface area contributed by atoms with E-state index in [0.717, 1.165) is 44.9 Å². The molecule has 0 saturated heterocycles. The first-order valence-electron chi connectivity index (χ1n) is 23.5. The largest absolute Gasteiger partial charge is 0.472 e. The summed E-state index contributed by atoms with van der Waals surface area (Å²) in [5.74, 6) is -0.606. The van der Waals surface area contributed by atoms with E-state index in [1.807, 2.05) is 0 Å². The van der Waals surface area contributed by atoms with Crippen LogP contribution in [0.4, 0.5) is 0 Å². The Labute approximate surface area is 362 Å². The molecule has 0 aromatic carbocycles. The van der Waals surface area contributed by atoms with Crippen LogP contribution in [0.2, 0.25) is 0 Å². The average Bonchev–Trinajstić information content (AvgIpc) is 3.22. The second kappa shape index (κ2) is 35.9. The number of rotatable bonds is 38. The molecule has 0 aromatic rings. The van der Waals surface area contributed by atoms with Gasteiger partial charge in [-0.15, -0.1) is 0 Å². The highest BCUT2D eigenvalue weighted by atomic mass is 31.2. The summed E-state index contributed by atoms with van der Waals surface area (Å²) in [6.07, 6.45) is 26.6. The molecule has 1 amide bonds. The zero-order valence-electron chi connectivity index (χ0n) is 37.1. The minimum Gasteiger partial charge on any atom is -0.393 e. The number of phosphoric ester groups is 1. The normalized spacial score (nSPS) is 23.7. The Balaban J connectivity index is 2.58. The molecular formula is C46H86NO12P. The molecule has 1 aliphatic rings. The molecule has 0 aliphatic heterocycles. The van der Waals surface area contributed by atoms with Gasteiger partial charge in [0.1, 0.15) is 36.6 Å². The summed E-state index contributed by atoms with van der Waals surface area (Å²) in [6.45, 7) is 3.71. The maximum atomic E-state index is 13.0. The van der Waals surface area contributed by atoms with E-state index in [1.54, 1.807) is 6.08 Å². The molecule has 1 aliphatic carbocycles. The lowest BCUT2D eigenvalue weighted by molar-refractivity contribution is -0.220. The smallest absolute Gasteiger partial charge is 0.393 e. The Hall–Kier alpha value is -1.48. The fourth-order valence-corrected chi connectivity index (χ4v) is 8.30. The average molecular weight is 876 g/mol. The van der Waals surface area contributed by atoms with Crippen molar-refractivity contribution in [3.05, 3.63) is 36.5 Å². The molecule has 1 fully saturated rings. The lowest BCUT2D eigenvalue weighted by atomic mass is 9.85. The van der Waals surface area contributed by atoms with Crippen LogP contribution in [-0.2, 0) is 18.4 Å². The van der Waals surface area contributed by atoms with E-state index < -0.39 is 75.2 Å². The van der Waals surface area contributed by atoms with Gasteiger partial charge in [-0.25, -0.2) is 4.57 Å². The summed E-state index contributed by atoms with van der Waals surface area (Å²) < 4.78 is 22.8. The lowest BCUT2D eigenvalue weighted by Crippen LogP contribution is -2.64. The quantitative estimate of drug-likeness (QED) is 0.0165. The zero-order valence-corrected chi connectivity index (χ0v) is 38.0. The third kappa shape index (κ3) is 27.6. The number of allylic oxidation sites excluding steroid dienone is 5. The molecule has 0 heterocycles. The molecule has 13 nitrogen and oxygen atoms in total. The maximum Gasteiger partial charge on any atom is 0.472 e. The van der Waals surface area contributed by atoms with E-state index in [-0.39, 0.29) is 6.42 Å². The fourth-order valence-electron chi connectivity index (χ4n) is 7.33. The number of unbranched alkanes of at least 4 members (excludes halogenated alkanes) is 21. The van der Waals surface area contributed by atoms with Crippen molar-refractivity contribution < 1.29 is 59.0 Å². The van der Waals surface area contributed by atoms with Gasteiger partial charge in [0, 0.05) is 0 Å². The number of aliphatic hydroxyl groups excluding tert-OH is 7. The van der Waals surface area contributed by atoms with Gasteiger partial charge in [0.2, 0.25) is 5.91 Å². The molecule has 0 bridgehead atoms. The first kappa shape index (κ1) is 56.5. The first-order chi connectivity index (χ1) is 28.8. The van der Waals surface area contributed by atoms with Gasteiger partial charge in [0.25, 0.3) is 0 Å². The minimum atomic E-state index is -5.15. The SMILES string of the molecule is CCCCCCC/C=C/CC/C=C/CC/C=C/C(O)C(COP(=O)(O)OC1C(O)C(O)C(O)C(O)C1O)NC(=O)CC(O)CCCCCCCCCCCCCCCCC. The first-order valence-corrected chi connectivity index (χ1v) is 25.0. The van der Waals surface area contributed by atoms with Crippen LogP contribution in [0.3, 0.4) is 0 Å². The van der Waals surface area contributed by atoms with Crippen molar-refractivity contribution in [2.75, 3.05) is 6.61 Å². The maximum absolute atomic E-state index is 13.0. The van der Waals surface area contributed by atoms with E-state index >= 15 is 0 Å². The predicted molar refractivity (Wildman–Crippen MR) is 238 cm³/mol. The number of hydrogen-bond donors (Lipinski definition) is 9. The summed E-state index contributed by atoms with van der Waals surface area (Å²) in [7, 11) is -5.15. The van der Waals surface area contributed by atoms with Crippen LogP contribution < -0.4 is 5.32 Å². The third-order valence-electron chi connectivity index (χ3n) is 11.2. The Morgan fingerprint density at radius 1 is 0.583 bits per heavy atom. The molecule has 8 unspecified atom stereocenters. The van der Waals surface area contributed by atoms with E-state index in [0.29, 0.717) is 19.3 Å². The number of phosphoric acid groups is 1. The van der Waals surface area contributed by atoms with Gasteiger partial charge in [-0.2, -0.15) is 0 Å². The summed E-state index contributed by atoms with van der Waals surface area (Å²) in [4.78, 5) is 23.4. The molecule has 0 radical (unpaired) electrons. The van der Waals surface area contributed by atoms with Gasteiger partial charge < -0.3 is 46.0 Å². The molecule has 60 heavy (non-hydrogen) atoms. The monoisotopic (exact) mass is 876 g/mol. The molecule has 0 aromatic heterocycles. The fraction of sp³-hybridized carbons (Fsp3) is 0.848. The number of hydrogen-bond acceptors (Lipinski definition) is 11. The molecular weight excluding hydrogens is 789 g/mol. The standard InChI is InChI=1S/C46H86NO12P/c1-3-5-7-9-11-13-15-17-19-21-23-25-27-29-31-33-37(48)35-40(50)47-38(36-58-60(56,57)59-46-44(54)42(52)41(51)43(53)45(46)55)39(49)34-32-30-28-26-24-22-20-18-16-14-12-10-8-6-4-2/h16,18,24,26,32,34,37-39,41-46,48-49,51-55H,3-15,17,19-23,25,27-31,33,35-36H2,1-2H3,(H,47,50)(H,56,57)/b18-16+,26-24+,34-32+. The third-order valence-corrected chi connectivity index (χ3v) is 12.2. The van der Waals surface area contributed by atoms with Crippen LogP contribution in [0.5, 0.6) is 0 Å². The van der Waals surface area contributed by atoms with Crippen LogP contribution in [0.25, 0.3) is 0 Å². The number of nitrogens with one attached hydrogen (secondary N) is 1. The highest BCUT2D eigenvalue weighted by Crippen LogP contribution is 2.47. The predicted octanol–water partition coefficient (Wildman–Crippen LogP) is 7.75. The molecule has 14 heteroatoms. The van der Waals surface area contributed by atoms with Gasteiger partial charge >= 0.3 is 7.82 Å². The molecule has 8 atom stereocenters. The second-order valence-corrected chi connectivity index (χ2v) is 18.2. The number of aliphatic hydroxyl groups is 7. The summed E-state index contributed by atoms with van der Waals surface area (Å²) in [5.41, 5.74) is 0. The van der Waals surface area contributed by atoms with Crippen LogP contribution >= 0.6 is 7.82 Å². The van der Waals surface area contributed by atoms with E-state index in [1.165, 1.54) is 109 Å². The van der Waals surface area contributed by atoms with Gasteiger partial charge in [-0.05, 0) is 44.9 Å². The molecule has 1 saturated carbocycles. The molecule has 0 spiro atoms. The Bertz CT molecular complexity index is 1170. The Morgan fingerprint density at radius 3 is 1.47 bits per heavy atom. The highest BCUT2D eigenvalue weighted by Gasteiger charge is 2.51. The minimum absolute atomic E-state index is 0.254. The van der Waals surface area contributed by atoms with Crippen molar-refractivity contribution in [3.63, 3.8) is 0 Å². The van der Waals surface area contributed by atoms with Crippen LogP contribution in [0, 0.1) is 0 Å². The van der Waals surface area contributed by atoms with Gasteiger partial charge in [-0.3, -0.25) is 13.8 Å². The lowest BCUT2D eigenvalue weighted by Gasteiger charge is -2.41. The summed E-state index contributed by atoms with van der Waals surface area (Å²) in [5, 5.41) is 74.4. The number of carbonyl (C=O) groups is 1. The van der Waals surface area contributed by atoms with Crippen LogP contribution in [0.1, 0.15) is 187 Å². The number of carbonyl (C=O) groups excluding carboxylic acids is 1. The summed E-state index contributed by atoms with van der Waals surface area (Å²) in [6, 6.07) is -1.26. The molecule has 352 valence electrons. The van der Waals surface area contributed by atoms with Gasteiger partial charge in [-0.1, -0.05) is 172 Å².